The highest BCUT2D eigenvalue weighted by Gasteiger charge is 2.53. The lowest BCUT2D eigenvalue weighted by molar-refractivity contribution is 0.00578. The fraction of sp³-hybridized carbons (Fsp3) is 0.632. The van der Waals surface area contributed by atoms with Gasteiger partial charge in [-0.15, -0.1) is 11.3 Å². The molecule has 2 aliphatic rings. The van der Waals surface area contributed by atoms with E-state index in [0.717, 1.165) is 12.8 Å². The Morgan fingerprint density at radius 1 is 1.26 bits per heavy atom. The van der Waals surface area contributed by atoms with E-state index in [0.29, 0.717) is 28.4 Å². The van der Waals surface area contributed by atoms with Gasteiger partial charge in [0.25, 0.3) is 5.91 Å². The molecule has 0 aliphatic carbocycles. The molecule has 1 unspecified atom stereocenters. The first-order valence-electron chi connectivity index (χ1n) is 9.31. The first-order valence-corrected chi connectivity index (χ1v) is 10.1. The Bertz CT molecular complexity index is 745. The maximum absolute atomic E-state index is 15.0. The van der Waals surface area contributed by atoms with Gasteiger partial charge in [-0.05, 0) is 65.2 Å². The number of carbonyl (C=O) groups excluding carboxylic acids is 1. The van der Waals surface area contributed by atoms with Gasteiger partial charge in [-0.3, -0.25) is 4.79 Å². The standard InChI is InChI=1S/C19H27BFNO4S/c1-12(16(21)20-25-18(2,3)19(4,5)26-20)14-8-9-15(27-14)17(24)22-10-6-7-13(23)11-22/h8-9,13,23H,6-7,10-11H2,1-5H3. The molecule has 1 aromatic heterocycles. The highest BCUT2D eigenvalue weighted by molar-refractivity contribution is 7.15. The van der Waals surface area contributed by atoms with Crippen molar-refractivity contribution in [1.82, 2.24) is 4.90 Å². The van der Waals surface area contributed by atoms with E-state index in [9.17, 15) is 14.3 Å². The molecule has 2 aliphatic heterocycles. The second kappa shape index (κ2) is 7.31. The number of likely N-dealkylation sites (tertiary alicyclic amines) is 1. The van der Waals surface area contributed by atoms with Gasteiger partial charge in [0.05, 0.1) is 22.2 Å². The molecule has 1 atom stereocenters. The molecule has 2 saturated heterocycles. The molecule has 27 heavy (non-hydrogen) atoms. The zero-order valence-corrected chi connectivity index (χ0v) is 17.4. The van der Waals surface area contributed by atoms with Crippen molar-refractivity contribution in [2.24, 2.45) is 0 Å². The Kier molecular flexibility index (Phi) is 5.56. The summed E-state index contributed by atoms with van der Waals surface area (Å²) in [5.41, 5.74) is -1.28. The highest BCUT2D eigenvalue weighted by Crippen LogP contribution is 2.40. The monoisotopic (exact) mass is 395 g/mol. The predicted octanol–water partition coefficient (Wildman–Crippen LogP) is 3.68. The summed E-state index contributed by atoms with van der Waals surface area (Å²) < 4.78 is 26.6. The van der Waals surface area contributed by atoms with E-state index in [4.69, 9.17) is 9.31 Å². The van der Waals surface area contributed by atoms with Gasteiger partial charge < -0.3 is 19.3 Å². The largest absolute Gasteiger partial charge is 0.525 e. The van der Waals surface area contributed by atoms with Crippen molar-refractivity contribution in [3.63, 3.8) is 0 Å². The normalized spacial score (nSPS) is 25.5. The number of carbonyl (C=O) groups is 1. The summed E-state index contributed by atoms with van der Waals surface area (Å²) in [7, 11) is -1.05. The fourth-order valence-electron chi connectivity index (χ4n) is 3.19. The Morgan fingerprint density at radius 3 is 2.44 bits per heavy atom. The molecule has 0 bridgehead atoms. The molecule has 0 spiro atoms. The minimum Gasteiger partial charge on any atom is -0.398 e. The van der Waals surface area contributed by atoms with Crippen molar-refractivity contribution in [1.29, 1.82) is 0 Å². The van der Waals surface area contributed by atoms with Crippen LogP contribution in [0.2, 0.25) is 0 Å². The molecular formula is C19H27BFNO4S. The van der Waals surface area contributed by atoms with Crippen molar-refractivity contribution < 1.29 is 23.6 Å². The molecule has 1 amide bonds. The smallest absolute Gasteiger partial charge is 0.398 e. The number of halogens is 1. The number of amides is 1. The van der Waals surface area contributed by atoms with Crippen molar-refractivity contribution in [3.05, 3.63) is 27.6 Å². The van der Waals surface area contributed by atoms with Crippen LogP contribution in [0, 0.1) is 0 Å². The van der Waals surface area contributed by atoms with E-state index < -0.39 is 30.2 Å². The number of rotatable bonds is 3. The second-order valence-corrected chi connectivity index (χ2v) is 9.36. The molecule has 2 fully saturated rings. The number of hydrogen-bond acceptors (Lipinski definition) is 5. The van der Waals surface area contributed by atoms with E-state index in [1.807, 2.05) is 27.7 Å². The minimum absolute atomic E-state index is 0.117. The van der Waals surface area contributed by atoms with Crippen molar-refractivity contribution >= 4 is 29.9 Å². The first kappa shape index (κ1) is 20.5. The van der Waals surface area contributed by atoms with Crippen LogP contribution in [-0.2, 0) is 9.31 Å². The van der Waals surface area contributed by atoms with Crippen LogP contribution < -0.4 is 0 Å². The molecule has 148 valence electrons. The van der Waals surface area contributed by atoms with E-state index in [2.05, 4.69) is 0 Å². The topological polar surface area (TPSA) is 59.0 Å². The van der Waals surface area contributed by atoms with Crippen LogP contribution >= 0.6 is 11.3 Å². The summed E-state index contributed by atoms with van der Waals surface area (Å²) in [5, 5.41) is 9.77. The molecule has 5 nitrogen and oxygen atoms in total. The molecule has 0 aromatic carbocycles. The number of allylic oxidation sites excluding steroid dienone is 1. The third-order valence-corrected chi connectivity index (χ3v) is 6.88. The Morgan fingerprint density at radius 2 is 1.85 bits per heavy atom. The Labute approximate surface area is 164 Å². The first-order chi connectivity index (χ1) is 12.5. The summed E-state index contributed by atoms with van der Waals surface area (Å²) >= 11 is 1.25. The van der Waals surface area contributed by atoms with E-state index in [1.54, 1.807) is 24.0 Å². The zero-order chi connectivity index (χ0) is 20.0. The average molecular weight is 395 g/mol. The second-order valence-electron chi connectivity index (χ2n) is 8.27. The van der Waals surface area contributed by atoms with Crippen molar-refractivity contribution in [2.75, 3.05) is 13.1 Å². The molecule has 0 saturated carbocycles. The lowest BCUT2D eigenvalue weighted by atomic mass is 9.84. The summed E-state index contributed by atoms with van der Waals surface area (Å²) in [4.78, 5) is 15.5. The van der Waals surface area contributed by atoms with Gasteiger partial charge in [0.1, 0.15) is 5.73 Å². The molecule has 3 heterocycles. The maximum Gasteiger partial charge on any atom is 0.525 e. The lowest BCUT2D eigenvalue weighted by Crippen LogP contribution is -2.41. The maximum atomic E-state index is 15.0. The van der Waals surface area contributed by atoms with Crippen LogP contribution in [0.1, 0.15) is 62.0 Å². The Balaban J connectivity index is 1.77. The van der Waals surface area contributed by atoms with E-state index >= 15 is 0 Å². The molecule has 1 N–H and O–H groups in total. The van der Waals surface area contributed by atoms with Crippen LogP contribution in [0.15, 0.2) is 17.9 Å². The summed E-state index contributed by atoms with van der Waals surface area (Å²) in [6, 6.07) is 3.46. The average Bonchev–Trinajstić information content (AvgIpc) is 3.16. The van der Waals surface area contributed by atoms with Gasteiger partial charge in [-0.25, -0.2) is 4.39 Å². The van der Waals surface area contributed by atoms with Crippen LogP contribution in [-0.4, -0.2) is 53.4 Å². The highest BCUT2D eigenvalue weighted by atomic mass is 32.1. The number of β-amino-alcohol motifs (C(OH)–C–C–N with tert-alkyl or cyclic N) is 1. The number of nitrogens with zero attached hydrogens (tertiary/aromatic N) is 1. The van der Waals surface area contributed by atoms with Gasteiger partial charge in [0, 0.05) is 18.0 Å². The molecule has 1 aromatic rings. The quantitative estimate of drug-likeness (QED) is 0.794. The number of aliphatic hydroxyl groups excluding tert-OH is 1. The molecule has 0 radical (unpaired) electrons. The van der Waals surface area contributed by atoms with E-state index in [-0.39, 0.29) is 5.91 Å². The SMILES string of the molecule is CC(=C(F)B1OC(C)(C)C(C)(C)O1)c1ccc(C(=O)N2CCCC(O)C2)s1. The Hall–Kier alpha value is -1.22. The zero-order valence-electron chi connectivity index (χ0n) is 16.5. The van der Waals surface area contributed by atoms with Crippen LogP contribution in [0.25, 0.3) is 5.57 Å². The van der Waals surface area contributed by atoms with Gasteiger partial charge in [0.15, 0.2) is 0 Å². The fourth-order valence-corrected chi connectivity index (χ4v) is 4.17. The number of aliphatic hydroxyl groups is 1. The third-order valence-electron chi connectivity index (χ3n) is 5.69. The van der Waals surface area contributed by atoms with Crippen LogP contribution in [0.5, 0.6) is 0 Å². The van der Waals surface area contributed by atoms with Gasteiger partial charge >= 0.3 is 7.12 Å². The summed E-state index contributed by atoms with van der Waals surface area (Å²) in [5.74, 6) is -0.117. The number of hydrogen-bond donors (Lipinski definition) is 1. The van der Waals surface area contributed by atoms with E-state index in [1.165, 1.54) is 11.3 Å². The minimum atomic E-state index is -1.05. The predicted molar refractivity (Wildman–Crippen MR) is 105 cm³/mol. The third kappa shape index (κ3) is 3.99. The summed E-state index contributed by atoms with van der Waals surface area (Å²) in [6.07, 6.45) is 1.05. The van der Waals surface area contributed by atoms with Crippen molar-refractivity contribution in [3.8, 4) is 0 Å². The molecule has 3 rings (SSSR count). The van der Waals surface area contributed by atoms with Crippen molar-refractivity contribution in [2.45, 2.75) is 64.8 Å². The molecular weight excluding hydrogens is 368 g/mol. The van der Waals surface area contributed by atoms with Gasteiger partial charge in [-0.1, -0.05) is 0 Å². The number of piperidine rings is 1. The van der Waals surface area contributed by atoms with Crippen LogP contribution in [0.4, 0.5) is 4.39 Å². The van der Waals surface area contributed by atoms with Gasteiger partial charge in [-0.2, -0.15) is 0 Å². The summed E-state index contributed by atoms with van der Waals surface area (Å²) in [6.45, 7) is 10.2. The van der Waals surface area contributed by atoms with Crippen LogP contribution in [0.3, 0.4) is 0 Å². The molecule has 8 heteroatoms. The lowest BCUT2D eigenvalue weighted by Gasteiger charge is -2.32. The number of thiophene rings is 1. The van der Waals surface area contributed by atoms with Gasteiger partial charge in [0.2, 0.25) is 0 Å².